The molecule has 4 aromatic carbocycles. The van der Waals surface area contributed by atoms with E-state index in [-0.39, 0.29) is 18.3 Å². The van der Waals surface area contributed by atoms with Crippen LogP contribution in [-0.4, -0.2) is 11.1 Å². The second-order valence-corrected chi connectivity index (χ2v) is 9.32. The van der Waals surface area contributed by atoms with E-state index < -0.39 is 0 Å². The molecule has 0 saturated carbocycles. The number of carbonyl (C=O) groups excluding carboxylic acids is 1. The van der Waals surface area contributed by atoms with Gasteiger partial charge in [0.15, 0.2) is 5.17 Å². The van der Waals surface area contributed by atoms with E-state index in [0.29, 0.717) is 32.0 Å². The number of carbonyl (C=O) groups is 1. The van der Waals surface area contributed by atoms with E-state index in [1.165, 1.54) is 17.8 Å². The molecule has 1 aliphatic heterocycles. The smallest absolute Gasteiger partial charge is 0.271 e. The predicted octanol–water partition coefficient (Wildman–Crippen LogP) is 7.87. The number of nitrogens with zero attached hydrogens (tertiary/aromatic N) is 2. The highest BCUT2D eigenvalue weighted by Gasteiger charge is 2.35. The van der Waals surface area contributed by atoms with E-state index in [4.69, 9.17) is 21.3 Å². The summed E-state index contributed by atoms with van der Waals surface area (Å²) in [7, 11) is 0. The Labute approximate surface area is 217 Å². The third-order valence-electron chi connectivity index (χ3n) is 5.40. The number of aliphatic imine (C=N–C) groups is 1. The summed E-state index contributed by atoms with van der Waals surface area (Å²) < 4.78 is 20.0. The third kappa shape index (κ3) is 5.35. The van der Waals surface area contributed by atoms with Crippen molar-refractivity contribution in [2.45, 2.75) is 6.61 Å². The molecule has 1 saturated heterocycles. The summed E-state index contributed by atoms with van der Waals surface area (Å²) in [4.78, 5) is 20.3. The monoisotopic (exact) mass is 514 g/mol. The number of hydrogen-bond acceptors (Lipinski definition) is 4. The number of halogens is 2. The summed E-state index contributed by atoms with van der Waals surface area (Å²) in [5.74, 6) is -0.0580. The van der Waals surface area contributed by atoms with Gasteiger partial charge in [-0.1, -0.05) is 66.2 Å². The summed E-state index contributed by atoms with van der Waals surface area (Å²) in [6.45, 7) is 0.0441. The molecule has 1 amide bonds. The zero-order valence-electron chi connectivity index (χ0n) is 19.0. The standard InChI is InChI=1S/C29H20ClFN2O2S/c30-22-15-16-26(35-19-20-9-7-8-14-25(20)31)21(17-22)18-27-28(34)33(24-12-5-2-6-13-24)29(36-27)32-23-10-3-1-4-11-23/h1-18H,19H2/b27-18+,32-29?. The van der Waals surface area contributed by atoms with Crippen LogP contribution in [0.3, 0.4) is 0 Å². The first kappa shape index (κ1) is 23.9. The molecule has 36 heavy (non-hydrogen) atoms. The lowest BCUT2D eigenvalue weighted by molar-refractivity contribution is -0.113. The van der Waals surface area contributed by atoms with Crippen molar-refractivity contribution in [3.63, 3.8) is 0 Å². The van der Waals surface area contributed by atoms with E-state index in [0.717, 1.165) is 11.4 Å². The van der Waals surface area contributed by atoms with Crippen molar-refractivity contribution in [1.29, 1.82) is 0 Å². The summed E-state index contributed by atoms with van der Waals surface area (Å²) in [6, 6.07) is 30.4. The van der Waals surface area contributed by atoms with Crippen molar-refractivity contribution in [3.05, 3.63) is 130 Å². The van der Waals surface area contributed by atoms with E-state index in [9.17, 15) is 9.18 Å². The van der Waals surface area contributed by atoms with E-state index in [2.05, 4.69) is 0 Å². The molecule has 1 fully saturated rings. The third-order valence-corrected chi connectivity index (χ3v) is 6.61. The van der Waals surface area contributed by atoms with Gasteiger partial charge in [-0.05, 0) is 66.4 Å². The molecule has 4 aromatic rings. The van der Waals surface area contributed by atoms with Crippen LogP contribution in [0.5, 0.6) is 5.75 Å². The molecule has 0 bridgehead atoms. The fraction of sp³-hybridized carbons (Fsp3) is 0.0345. The zero-order valence-corrected chi connectivity index (χ0v) is 20.5. The van der Waals surface area contributed by atoms with Crippen LogP contribution in [0, 0.1) is 5.82 Å². The van der Waals surface area contributed by atoms with Crippen molar-refractivity contribution in [3.8, 4) is 5.75 Å². The molecule has 0 spiro atoms. The number of amides is 1. The predicted molar refractivity (Wildman–Crippen MR) is 145 cm³/mol. The average Bonchev–Trinajstić information content (AvgIpc) is 3.19. The second kappa shape index (κ2) is 10.8. The lowest BCUT2D eigenvalue weighted by Crippen LogP contribution is -2.28. The highest BCUT2D eigenvalue weighted by Crippen LogP contribution is 2.38. The Morgan fingerprint density at radius 2 is 1.61 bits per heavy atom. The van der Waals surface area contributed by atoms with Crippen LogP contribution in [0.25, 0.3) is 6.08 Å². The lowest BCUT2D eigenvalue weighted by atomic mass is 10.1. The Bertz CT molecular complexity index is 1460. The summed E-state index contributed by atoms with van der Waals surface area (Å²) in [5, 5.41) is 1.04. The Morgan fingerprint density at radius 3 is 2.36 bits per heavy atom. The van der Waals surface area contributed by atoms with Gasteiger partial charge in [-0.25, -0.2) is 9.38 Å². The van der Waals surface area contributed by atoms with Gasteiger partial charge in [0.1, 0.15) is 18.2 Å². The average molecular weight is 515 g/mol. The molecule has 0 aromatic heterocycles. The maximum Gasteiger partial charge on any atom is 0.271 e. The minimum Gasteiger partial charge on any atom is -0.488 e. The molecular formula is C29H20ClFN2O2S. The Hall–Kier alpha value is -3.87. The fourth-order valence-corrected chi connectivity index (χ4v) is 4.81. The van der Waals surface area contributed by atoms with Crippen LogP contribution in [0.15, 0.2) is 113 Å². The molecule has 0 unspecified atom stereocenters. The van der Waals surface area contributed by atoms with Crippen molar-refractivity contribution >= 4 is 51.9 Å². The number of amidine groups is 1. The van der Waals surface area contributed by atoms with Gasteiger partial charge < -0.3 is 4.74 Å². The van der Waals surface area contributed by atoms with Gasteiger partial charge >= 0.3 is 0 Å². The molecule has 178 valence electrons. The van der Waals surface area contributed by atoms with Gasteiger partial charge in [-0.3, -0.25) is 9.69 Å². The minimum atomic E-state index is -0.340. The quantitative estimate of drug-likeness (QED) is 0.246. The van der Waals surface area contributed by atoms with Crippen LogP contribution in [-0.2, 0) is 11.4 Å². The molecule has 0 atom stereocenters. The molecule has 7 heteroatoms. The van der Waals surface area contributed by atoms with Gasteiger partial charge in [0.2, 0.25) is 0 Å². The molecule has 4 nitrogen and oxygen atoms in total. The number of para-hydroxylation sites is 2. The van der Waals surface area contributed by atoms with Crippen molar-refractivity contribution in [2.24, 2.45) is 4.99 Å². The van der Waals surface area contributed by atoms with Crippen LogP contribution >= 0.6 is 23.4 Å². The Morgan fingerprint density at radius 1 is 0.917 bits per heavy atom. The first-order valence-corrected chi connectivity index (χ1v) is 12.4. The summed E-state index contributed by atoms with van der Waals surface area (Å²) >= 11 is 7.54. The second-order valence-electron chi connectivity index (χ2n) is 7.88. The van der Waals surface area contributed by atoms with Crippen molar-refractivity contribution < 1.29 is 13.9 Å². The number of hydrogen-bond donors (Lipinski definition) is 0. The van der Waals surface area contributed by atoms with Crippen LogP contribution in [0.4, 0.5) is 15.8 Å². The number of thioether (sulfide) groups is 1. The Balaban J connectivity index is 1.50. The number of ether oxygens (including phenoxy) is 1. The fourth-order valence-electron chi connectivity index (χ4n) is 3.64. The molecule has 5 rings (SSSR count). The van der Waals surface area contributed by atoms with Gasteiger partial charge in [-0.15, -0.1) is 0 Å². The SMILES string of the molecule is O=C1/C(=C\c2cc(Cl)ccc2OCc2ccccc2F)SC(=Nc2ccccc2)N1c1ccccc1. The van der Waals surface area contributed by atoms with Crippen LogP contribution < -0.4 is 9.64 Å². The topological polar surface area (TPSA) is 41.9 Å². The number of anilines is 1. The highest BCUT2D eigenvalue weighted by molar-refractivity contribution is 8.19. The summed E-state index contributed by atoms with van der Waals surface area (Å²) in [5.41, 5.74) is 2.51. The maximum atomic E-state index is 14.1. The molecule has 0 radical (unpaired) electrons. The Kier molecular flexibility index (Phi) is 7.16. The lowest BCUT2D eigenvalue weighted by Gasteiger charge is -2.15. The minimum absolute atomic E-state index is 0.0441. The molecule has 0 N–H and O–H groups in total. The molecule has 1 aliphatic rings. The first-order valence-electron chi connectivity index (χ1n) is 11.2. The normalized spacial score (nSPS) is 15.6. The molecule has 1 heterocycles. The van der Waals surface area contributed by atoms with E-state index in [1.54, 1.807) is 47.4 Å². The van der Waals surface area contributed by atoms with Crippen LogP contribution in [0.1, 0.15) is 11.1 Å². The zero-order chi connectivity index (χ0) is 24.9. The van der Waals surface area contributed by atoms with E-state index >= 15 is 0 Å². The van der Waals surface area contributed by atoms with Crippen LogP contribution in [0.2, 0.25) is 5.02 Å². The van der Waals surface area contributed by atoms with Crippen molar-refractivity contribution in [1.82, 2.24) is 0 Å². The van der Waals surface area contributed by atoms with Crippen molar-refractivity contribution in [2.75, 3.05) is 4.90 Å². The highest BCUT2D eigenvalue weighted by atomic mass is 35.5. The molecular weight excluding hydrogens is 495 g/mol. The summed E-state index contributed by atoms with van der Waals surface area (Å²) in [6.07, 6.45) is 1.74. The van der Waals surface area contributed by atoms with Gasteiger partial charge in [0.25, 0.3) is 5.91 Å². The van der Waals surface area contributed by atoms with Gasteiger partial charge in [0.05, 0.1) is 16.3 Å². The van der Waals surface area contributed by atoms with E-state index in [1.807, 2.05) is 60.7 Å². The first-order chi connectivity index (χ1) is 17.6. The molecule has 0 aliphatic carbocycles. The largest absolute Gasteiger partial charge is 0.488 e. The number of benzene rings is 4. The van der Waals surface area contributed by atoms with Gasteiger partial charge in [-0.2, -0.15) is 0 Å². The maximum absolute atomic E-state index is 14.1. The van der Waals surface area contributed by atoms with Gasteiger partial charge in [0, 0.05) is 16.1 Å². The number of rotatable bonds is 6.